The molecule has 26 heavy (non-hydrogen) atoms. The standard InChI is InChI=1S/C20H28N4O2/c1-15(18-6-4-3-5-7-18)21-20(25)10-13-24-11-8-17(9-12-24)14-19-22-16(2)26-23-19/h3-7,15,17H,8-14H2,1-2H3,(H,21,25). The Morgan fingerprint density at radius 2 is 2.04 bits per heavy atom. The minimum atomic E-state index is 0.0489. The fourth-order valence-electron chi connectivity index (χ4n) is 3.49. The molecule has 1 N–H and O–H groups in total. The number of benzene rings is 1. The molecule has 1 amide bonds. The Balaban J connectivity index is 1.35. The molecule has 6 heteroatoms. The highest BCUT2D eigenvalue weighted by Gasteiger charge is 2.21. The van der Waals surface area contributed by atoms with Crippen LogP contribution in [-0.4, -0.2) is 40.6 Å². The highest BCUT2D eigenvalue weighted by molar-refractivity contribution is 5.76. The second-order valence-electron chi connectivity index (χ2n) is 7.17. The lowest BCUT2D eigenvalue weighted by molar-refractivity contribution is -0.122. The largest absolute Gasteiger partial charge is 0.350 e. The molecule has 1 aromatic carbocycles. The van der Waals surface area contributed by atoms with Crippen molar-refractivity contribution in [3.05, 3.63) is 47.6 Å². The minimum Gasteiger partial charge on any atom is -0.350 e. The molecule has 1 fully saturated rings. The number of nitrogens with one attached hydrogen (secondary N) is 1. The van der Waals surface area contributed by atoms with E-state index in [-0.39, 0.29) is 11.9 Å². The first-order valence-electron chi connectivity index (χ1n) is 9.46. The molecule has 1 aliphatic rings. The van der Waals surface area contributed by atoms with Gasteiger partial charge in [0.2, 0.25) is 11.8 Å². The maximum atomic E-state index is 12.2. The van der Waals surface area contributed by atoms with Crippen LogP contribution in [0.25, 0.3) is 0 Å². The van der Waals surface area contributed by atoms with Gasteiger partial charge >= 0.3 is 0 Å². The number of carbonyl (C=O) groups is 1. The molecule has 0 spiro atoms. The zero-order valence-corrected chi connectivity index (χ0v) is 15.6. The topological polar surface area (TPSA) is 71.3 Å². The van der Waals surface area contributed by atoms with Gasteiger partial charge in [-0.1, -0.05) is 35.5 Å². The zero-order valence-electron chi connectivity index (χ0n) is 15.6. The first-order valence-corrected chi connectivity index (χ1v) is 9.46. The molecule has 3 rings (SSSR count). The maximum Gasteiger partial charge on any atom is 0.223 e. The lowest BCUT2D eigenvalue weighted by atomic mass is 9.93. The van der Waals surface area contributed by atoms with Gasteiger partial charge in [-0.05, 0) is 44.3 Å². The van der Waals surface area contributed by atoms with Crippen molar-refractivity contribution < 1.29 is 9.32 Å². The summed E-state index contributed by atoms with van der Waals surface area (Å²) in [6, 6.07) is 10.1. The summed E-state index contributed by atoms with van der Waals surface area (Å²) in [6.45, 7) is 6.73. The number of aryl methyl sites for hydroxylation is 1. The van der Waals surface area contributed by atoms with E-state index in [1.807, 2.05) is 44.2 Å². The van der Waals surface area contributed by atoms with Crippen LogP contribution in [0.2, 0.25) is 0 Å². The Morgan fingerprint density at radius 1 is 1.31 bits per heavy atom. The molecular formula is C20H28N4O2. The molecule has 2 heterocycles. The molecular weight excluding hydrogens is 328 g/mol. The lowest BCUT2D eigenvalue weighted by Crippen LogP contribution is -2.37. The van der Waals surface area contributed by atoms with Gasteiger partial charge in [0, 0.05) is 26.3 Å². The quantitative estimate of drug-likeness (QED) is 0.826. The van der Waals surface area contributed by atoms with Crippen LogP contribution in [0.3, 0.4) is 0 Å². The van der Waals surface area contributed by atoms with Gasteiger partial charge in [0.25, 0.3) is 0 Å². The number of piperidine rings is 1. The van der Waals surface area contributed by atoms with Crippen LogP contribution < -0.4 is 5.32 Å². The monoisotopic (exact) mass is 356 g/mol. The summed E-state index contributed by atoms with van der Waals surface area (Å²) in [4.78, 5) is 18.9. The average Bonchev–Trinajstić information content (AvgIpc) is 3.06. The molecule has 1 saturated heterocycles. The van der Waals surface area contributed by atoms with Crippen LogP contribution in [0.1, 0.15) is 49.5 Å². The smallest absolute Gasteiger partial charge is 0.223 e. The van der Waals surface area contributed by atoms with E-state index in [0.29, 0.717) is 18.2 Å². The summed E-state index contributed by atoms with van der Waals surface area (Å²) in [5, 5.41) is 7.08. The number of amides is 1. The minimum absolute atomic E-state index is 0.0489. The summed E-state index contributed by atoms with van der Waals surface area (Å²) in [6.07, 6.45) is 3.68. The third-order valence-electron chi connectivity index (χ3n) is 5.08. The molecule has 6 nitrogen and oxygen atoms in total. The molecule has 2 aromatic rings. The fraction of sp³-hybridized carbons (Fsp3) is 0.550. The van der Waals surface area contributed by atoms with Crippen LogP contribution in [0.5, 0.6) is 0 Å². The van der Waals surface area contributed by atoms with Gasteiger partial charge in [-0.3, -0.25) is 4.79 Å². The van der Waals surface area contributed by atoms with Crippen LogP contribution in [0.15, 0.2) is 34.9 Å². The van der Waals surface area contributed by atoms with Gasteiger partial charge in [-0.2, -0.15) is 4.98 Å². The number of hydrogen-bond acceptors (Lipinski definition) is 5. The molecule has 0 radical (unpaired) electrons. The Hall–Kier alpha value is -2.21. The molecule has 1 aliphatic heterocycles. The Bertz CT molecular complexity index is 693. The molecule has 1 atom stereocenters. The highest BCUT2D eigenvalue weighted by Crippen LogP contribution is 2.21. The van der Waals surface area contributed by atoms with E-state index >= 15 is 0 Å². The SMILES string of the molecule is Cc1nc(CC2CCN(CCC(=O)NC(C)c3ccccc3)CC2)no1. The van der Waals surface area contributed by atoms with Crippen LogP contribution in [0.4, 0.5) is 0 Å². The van der Waals surface area contributed by atoms with Crippen molar-refractivity contribution in [2.75, 3.05) is 19.6 Å². The molecule has 0 bridgehead atoms. The van der Waals surface area contributed by atoms with Gasteiger partial charge in [-0.15, -0.1) is 0 Å². The van der Waals surface area contributed by atoms with Crippen molar-refractivity contribution in [1.82, 2.24) is 20.4 Å². The number of likely N-dealkylation sites (tertiary alicyclic amines) is 1. The third kappa shape index (κ3) is 5.39. The Morgan fingerprint density at radius 3 is 2.69 bits per heavy atom. The number of hydrogen-bond donors (Lipinski definition) is 1. The molecule has 0 saturated carbocycles. The van der Waals surface area contributed by atoms with E-state index in [1.165, 1.54) is 0 Å². The highest BCUT2D eigenvalue weighted by atomic mass is 16.5. The average molecular weight is 356 g/mol. The van der Waals surface area contributed by atoms with Crippen molar-refractivity contribution in [2.24, 2.45) is 5.92 Å². The Labute approximate surface area is 155 Å². The molecule has 140 valence electrons. The molecule has 0 aliphatic carbocycles. The number of carbonyl (C=O) groups excluding carboxylic acids is 1. The first-order chi connectivity index (χ1) is 12.6. The van der Waals surface area contributed by atoms with Gasteiger partial charge in [0.1, 0.15) is 0 Å². The number of nitrogens with zero attached hydrogens (tertiary/aromatic N) is 3. The van der Waals surface area contributed by atoms with Gasteiger partial charge in [0.05, 0.1) is 6.04 Å². The van der Waals surface area contributed by atoms with Crippen molar-refractivity contribution >= 4 is 5.91 Å². The van der Waals surface area contributed by atoms with E-state index in [9.17, 15) is 4.79 Å². The maximum absolute atomic E-state index is 12.2. The summed E-state index contributed by atoms with van der Waals surface area (Å²) < 4.78 is 5.04. The molecule has 1 unspecified atom stereocenters. The van der Waals surface area contributed by atoms with E-state index in [1.54, 1.807) is 0 Å². The van der Waals surface area contributed by atoms with Crippen molar-refractivity contribution in [2.45, 2.75) is 45.6 Å². The van der Waals surface area contributed by atoms with Crippen molar-refractivity contribution in [1.29, 1.82) is 0 Å². The normalized spacial score (nSPS) is 17.2. The second-order valence-corrected chi connectivity index (χ2v) is 7.17. The summed E-state index contributed by atoms with van der Waals surface area (Å²) >= 11 is 0. The first kappa shape index (κ1) is 18.6. The van der Waals surface area contributed by atoms with Crippen molar-refractivity contribution in [3.63, 3.8) is 0 Å². The summed E-state index contributed by atoms with van der Waals surface area (Å²) in [5.74, 6) is 2.17. The zero-order chi connectivity index (χ0) is 18.4. The van der Waals surface area contributed by atoms with E-state index < -0.39 is 0 Å². The predicted molar refractivity (Wildman–Crippen MR) is 99.5 cm³/mol. The summed E-state index contributed by atoms with van der Waals surface area (Å²) in [5.41, 5.74) is 1.14. The van der Waals surface area contributed by atoms with Crippen molar-refractivity contribution in [3.8, 4) is 0 Å². The predicted octanol–water partition coefficient (Wildman–Crippen LogP) is 2.90. The van der Waals surface area contributed by atoms with E-state index in [2.05, 4.69) is 20.4 Å². The van der Waals surface area contributed by atoms with Crippen LogP contribution in [0, 0.1) is 12.8 Å². The fourth-order valence-corrected chi connectivity index (χ4v) is 3.49. The lowest BCUT2D eigenvalue weighted by Gasteiger charge is -2.31. The van der Waals surface area contributed by atoms with Gasteiger partial charge in [0.15, 0.2) is 5.82 Å². The summed E-state index contributed by atoms with van der Waals surface area (Å²) in [7, 11) is 0. The third-order valence-corrected chi connectivity index (χ3v) is 5.08. The van der Waals surface area contributed by atoms with Gasteiger partial charge < -0.3 is 14.7 Å². The second kappa shape index (κ2) is 8.94. The Kier molecular flexibility index (Phi) is 6.39. The van der Waals surface area contributed by atoms with E-state index in [4.69, 9.17) is 4.52 Å². The van der Waals surface area contributed by atoms with E-state index in [0.717, 1.165) is 50.3 Å². The van der Waals surface area contributed by atoms with Crippen LogP contribution >= 0.6 is 0 Å². The molecule has 1 aromatic heterocycles. The van der Waals surface area contributed by atoms with Crippen LogP contribution in [-0.2, 0) is 11.2 Å². The van der Waals surface area contributed by atoms with Gasteiger partial charge in [-0.25, -0.2) is 0 Å². The number of aromatic nitrogens is 2. The number of rotatable bonds is 7.